The van der Waals surface area contributed by atoms with E-state index in [0.717, 1.165) is 87.3 Å². The van der Waals surface area contributed by atoms with Crippen molar-refractivity contribution in [3.8, 4) is 6.07 Å². The third-order valence-corrected chi connectivity index (χ3v) is 13.0. The quantitative estimate of drug-likeness (QED) is 0.119. The van der Waals surface area contributed by atoms with Crippen LogP contribution in [0.1, 0.15) is 71.4 Å². The van der Waals surface area contributed by atoms with Crippen molar-refractivity contribution in [2.75, 3.05) is 92.9 Å². The molecule has 0 bridgehead atoms. The van der Waals surface area contributed by atoms with Gasteiger partial charge in [-0.2, -0.15) is 18.4 Å². The second-order valence-electron chi connectivity index (χ2n) is 17.3. The van der Waals surface area contributed by atoms with Gasteiger partial charge >= 0.3 is 6.18 Å². The molecule has 5 heterocycles. The predicted molar refractivity (Wildman–Crippen MR) is 235 cm³/mol. The number of aldehydes is 1. The molecule has 1 aromatic heterocycles. The second-order valence-corrected chi connectivity index (χ2v) is 17.3. The number of hydrogen-bond acceptors (Lipinski definition) is 12. The summed E-state index contributed by atoms with van der Waals surface area (Å²) in [5.41, 5.74) is 1.21. The molecule has 0 saturated carbocycles. The predicted octanol–water partition coefficient (Wildman–Crippen LogP) is 4.71. The first kappa shape index (κ1) is 45.9. The fourth-order valence-electron chi connectivity index (χ4n) is 9.27. The highest BCUT2D eigenvalue weighted by atomic mass is 19.4. The van der Waals surface area contributed by atoms with Crippen molar-refractivity contribution < 1.29 is 37.1 Å². The molecule has 2 aromatic carbocycles. The summed E-state index contributed by atoms with van der Waals surface area (Å²) in [5.74, 6) is -0.650. The summed E-state index contributed by atoms with van der Waals surface area (Å²) < 4.78 is 40.0. The maximum absolute atomic E-state index is 13.4. The molecule has 3 unspecified atom stereocenters. The number of pyridine rings is 1. The zero-order chi connectivity index (χ0) is 45.7. The van der Waals surface area contributed by atoms with Gasteiger partial charge in [0.05, 0.1) is 40.2 Å². The first-order chi connectivity index (χ1) is 30.7. The molecular weight excluding hydrogens is 830 g/mol. The SMILES string of the molecule is CCC(CCNc1ccc(C#N)c(C(F)(F)F)c1)C(=O)Nc1ccc(N2CC(CN3CCN(CC4CN(c5ccc6c(c5)C(=O)N(C(CCC=O)C(=O)NC)C6=O)C4)C(C)C3)C2)cn1. The van der Waals surface area contributed by atoms with Crippen molar-refractivity contribution in [1.82, 2.24) is 25.0 Å². The standard InChI is InChI=1S/C46H55F3N10O5/c1-4-32(13-14-52-34-8-7-33(20-50)39(18-34)46(47,48)49)42(61)54-41-12-10-36(21-53-41)58-25-30(26-58)23-55-15-16-56(29(2)22-55)24-31-27-57(28-31)35-9-11-37-38(19-35)45(64)59(44(37)63)40(6-5-17-60)43(62)51-3/h7-12,17-19,21,29-32,40,52H,4-6,13-16,22-28H2,1-3H3,(H,51,62)(H,53,54,61). The summed E-state index contributed by atoms with van der Waals surface area (Å²) in [6, 6.07) is 13.4. The first-order valence-electron chi connectivity index (χ1n) is 22.0. The van der Waals surface area contributed by atoms with E-state index in [1.54, 1.807) is 30.5 Å². The van der Waals surface area contributed by atoms with Crippen LogP contribution in [0.25, 0.3) is 0 Å². The number of halogens is 3. The zero-order valence-electron chi connectivity index (χ0n) is 36.4. The molecule has 0 spiro atoms. The highest BCUT2D eigenvalue weighted by Gasteiger charge is 2.43. The van der Waals surface area contributed by atoms with Crippen molar-refractivity contribution in [2.45, 2.75) is 57.8 Å². The van der Waals surface area contributed by atoms with Crippen LogP contribution in [0, 0.1) is 29.1 Å². The van der Waals surface area contributed by atoms with Gasteiger partial charge in [-0.15, -0.1) is 0 Å². The van der Waals surface area contributed by atoms with Gasteiger partial charge in [0.2, 0.25) is 11.8 Å². The fraction of sp³-hybridized carbons (Fsp3) is 0.500. The number of fused-ring (bicyclic) bond motifs is 1. The third kappa shape index (κ3) is 10.2. The van der Waals surface area contributed by atoms with E-state index in [2.05, 4.69) is 47.5 Å². The first-order valence-corrected chi connectivity index (χ1v) is 22.0. The van der Waals surface area contributed by atoms with Crippen LogP contribution in [0.3, 0.4) is 0 Å². The molecule has 4 amide bonds. The van der Waals surface area contributed by atoms with Gasteiger partial charge in [0.1, 0.15) is 18.1 Å². The number of nitriles is 1. The lowest BCUT2D eigenvalue weighted by Crippen LogP contribution is -2.59. The van der Waals surface area contributed by atoms with Crippen molar-refractivity contribution in [2.24, 2.45) is 17.8 Å². The van der Waals surface area contributed by atoms with Gasteiger partial charge in [0.15, 0.2) is 0 Å². The number of carbonyl (C=O) groups excluding carboxylic acids is 5. The molecule has 3 N–H and O–H groups in total. The topological polar surface area (TPSA) is 174 Å². The number of benzene rings is 2. The number of piperazine rings is 1. The smallest absolute Gasteiger partial charge is 0.385 e. The molecule has 3 aromatic rings. The number of nitrogens with one attached hydrogen (secondary N) is 3. The minimum Gasteiger partial charge on any atom is -0.385 e. The molecule has 3 saturated heterocycles. The maximum atomic E-state index is 13.4. The number of hydrogen-bond donors (Lipinski definition) is 3. The molecule has 0 radical (unpaired) electrons. The molecule has 3 atom stereocenters. The molecule has 0 aliphatic carbocycles. The van der Waals surface area contributed by atoms with E-state index in [0.29, 0.717) is 42.8 Å². The number of rotatable bonds is 18. The zero-order valence-corrected chi connectivity index (χ0v) is 36.4. The van der Waals surface area contributed by atoms with Crippen LogP contribution in [-0.4, -0.2) is 134 Å². The Balaban J connectivity index is 0.801. The van der Waals surface area contributed by atoms with E-state index in [1.165, 1.54) is 13.1 Å². The fourth-order valence-corrected chi connectivity index (χ4v) is 9.27. The molecule has 4 aliphatic heterocycles. The summed E-state index contributed by atoms with van der Waals surface area (Å²) in [5, 5.41) is 17.4. The van der Waals surface area contributed by atoms with Crippen LogP contribution in [0.2, 0.25) is 0 Å². The summed E-state index contributed by atoms with van der Waals surface area (Å²) in [6.45, 7) is 13.0. The van der Waals surface area contributed by atoms with E-state index in [9.17, 15) is 37.1 Å². The number of aromatic nitrogens is 1. The van der Waals surface area contributed by atoms with Gasteiger partial charge in [0.25, 0.3) is 11.8 Å². The van der Waals surface area contributed by atoms with Crippen molar-refractivity contribution in [3.63, 3.8) is 0 Å². The van der Waals surface area contributed by atoms with Gasteiger partial charge in [-0.1, -0.05) is 6.92 Å². The number of amides is 4. The van der Waals surface area contributed by atoms with Crippen LogP contribution < -0.4 is 25.8 Å². The Morgan fingerprint density at radius 3 is 2.25 bits per heavy atom. The van der Waals surface area contributed by atoms with E-state index in [-0.39, 0.29) is 48.0 Å². The number of nitrogens with zero attached hydrogens (tertiary/aromatic N) is 7. The minimum absolute atomic E-state index is 0.0568. The molecule has 18 heteroatoms. The Morgan fingerprint density at radius 2 is 1.61 bits per heavy atom. The van der Waals surface area contributed by atoms with Crippen LogP contribution in [0.4, 0.5) is 36.1 Å². The van der Waals surface area contributed by atoms with Crippen LogP contribution in [0.15, 0.2) is 54.7 Å². The summed E-state index contributed by atoms with van der Waals surface area (Å²) in [7, 11) is 1.44. The van der Waals surface area contributed by atoms with Crippen molar-refractivity contribution >= 4 is 52.8 Å². The monoisotopic (exact) mass is 884 g/mol. The van der Waals surface area contributed by atoms with Crippen LogP contribution in [-0.2, 0) is 20.6 Å². The lowest BCUT2D eigenvalue weighted by Gasteiger charge is -2.48. The average Bonchev–Trinajstić information content (AvgIpc) is 3.49. The van der Waals surface area contributed by atoms with Crippen molar-refractivity contribution in [3.05, 3.63) is 77.0 Å². The lowest BCUT2D eigenvalue weighted by atomic mass is 9.95. The summed E-state index contributed by atoms with van der Waals surface area (Å²) >= 11 is 0. The Morgan fingerprint density at radius 1 is 0.906 bits per heavy atom. The molecular formula is C46H55F3N10O5. The van der Waals surface area contributed by atoms with Gasteiger partial charge in [-0.3, -0.25) is 29.0 Å². The van der Waals surface area contributed by atoms with E-state index >= 15 is 0 Å². The summed E-state index contributed by atoms with van der Waals surface area (Å²) in [4.78, 5) is 78.3. The number of likely N-dealkylation sites (N-methyl/N-ethyl adjacent to an activating group) is 1. The Labute approximate surface area is 370 Å². The highest BCUT2D eigenvalue weighted by Crippen LogP contribution is 2.35. The van der Waals surface area contributed by atoms with E-state index in [4.69, 9.17) is 5.26 Å². The second kappa shape index (κ2) is 19.8. The molecule has 64 heavy (non-hydrogen) atoms. The van der Waals surface area contributed by atoms with Crippen LogP contribution in [0.5, 0.6) is 0 Å². The Hall–Kier alpha value is -6.06. The minimum atomic E-state index is -4.64. The molecule has 340 valence electrons. The molecule has 4 aliphatic rings. The maximum Gasteiger partial charge on any atom is 0.417 e. The Kier molecular flexibility index (Phi) is 14.2. The van der Waals surface area contributed by atoms with Crippen LogP contribution >= 0.6 is 0 Å². The van der Waals surface area contributed by atoms with Gasteiger partial charge in [-0.05, 0) is 74.7 Å². The normalized spacial score (nSPS) is 19.3. The molecule has 15 nitrogen and oxygen atoms in total. The molecule has 3 fully saturated rings. The highest BCUT2D eigenvalue weighted by molar-refractivity contribution is 6.23. The molecule has 7 rings (SSSR count). The van der Waals surface area contributed by atoms with Gasteiger partial charge in [-0.25, -0.2) is 4.98 Å². The van der Waals surface area contributed by atoms with Gasteiger partial charge < -0.3 is 35.4 Å². The number of imide groups is 1. The van der Waals surface area contributed by atoms with Crippen molar-refractivity contribution in [1.29, 1.82) is 5.26 Å². The number of anilines is 4. The van der Waals surface area contributed by atoms with E-state index in [1.807, 2.05) is 19.1 Å². The largest absolute Gasteiger partial charge is 0.417 e. The third-order valence-electron chi connectivity index (χ3n) is 13.0. The van der Waals surface area contributed by atoms with Gasteiger partial charge in [0, 0.05) is 114 Å². The Bertz CT molecular complexity index is 2260. The summed E-state index contributed by atoms with van der Waals surface area (Å²) in [6.07, 6.45) is -1.14. The number of alkyl halides is 3. The lowest BCUT2D eigenvalue weighted by molar-refractivity contribution is -0.137. The average molecular weight is 885 g/mol. The number of carbonyl (C=O) groups is 5. The van der Waals surface area contributed by atoms with E-state index < -0.39 is 41.1 Å².